The van der Waals surface area contributed by atoms with Gasteiger partial charge in [0.25, 0.3) is 0 Å². The molecular weight excluding hydrogens is 238 g/mol. The minimum absolute atomic E-state index is 0.190. The standard InChI is InChI=1S/C16H31NO2/c1-11-7-8-12(2)17(9-11)10-13-14(18)16(5,6)19-15(13,3)4/h11-14,18H,7-10H2,1-6H3. The fourth-order valence-corrected chi connectivity index (χ4v) is 3.89. The summed E-state index contributed by atoms with van der Waals surface area (Å²) in [5.41, 5.74) is -0.678. The van der Waals surface area contributed by atoms with E-state index in [1.54, 1.807) is 0 Å². The molecule has 2 rings (SSSR count). The molecule has 0 spiro atoms. The van der Waals surface area contributed by atoms with Crippen molar-refractivity contribution in [3.8, 4) is 0 Å². The van der Waals surface area contributed by atoms with Crippen LogP contribution in [0.5, 0.6) is 0 Å². The lowest BCUT2D eigenvalue weighted by molar-refractivity contribution is -0.0917. The number of nitrogens with zero attached hydrogens (tertiary/aromatic N) is 1. The van der Waals surface area contributed by atoms with Crippen LogP contribution >= 0.6 is 0 Å². The van der Waals surface area contributed by atoms with E-state index in [1.165, 1.54) is 12.8 Å². The number of piperidine rings is 1. The van der Waals surface area contributed by atoms with E-state index < -0.39 is 5.60 Å². The van der Waals surface area contributed by atoms with E-state index in [0.29, 0.717) is 6.04 Å². The second kappa shape index (κ2) is 5.01. The Bertz CT molecular complexity index is 327. The van der Waals surface area contributed by atoms with Gasteiger partial charge in [-0.15, -0.1) is 0 Å². The zero-order valence-electron chi connectivity index (χ0n) is 13.4. The van der Waals surface area contributed by atoms with E-state index in [9.17, 15) is 5.11 Å². The van der Waals surface area contributed by atoms with Crippen LogP contribution in [0.2, 0.25) is 0 Å². The molecule has 0 aromatic rings. The predicted octanol–water partition coefficient (Wildman–Crippen LogP) is 2.67. The first-order chi connectivity index (χ1) is 8.63. The van der Waals surface area contributed by atoms with Crippen LogP contribution in [-0.4, -0.2) is 46.4 Å². The number of ether oxygens (including phenoxy) is 1. The normalized spacial score (nSPS) is 42.5. The molecule has 19 heavy (non-hydrogen) atoms. The molecule has 112 valence electrons. The summed E-state index contributed by atoms with van der Waals surface area (Å²) in [7, 11) is 0. The molecule has 1 N–H and O–H groups in total. The molecule has 0 aromatic carbocycles. The van der Waals surface area contributed by atoms with Crippen LogP contribution in [0.15, 0.2) is 0 Å². The molecule has 3 nitrogen and oxygen atoms in total. The Morgan fingerprint density at radius 2 is 1.74 bits per heavy atom. The lowest BCUT2D eigenvalue weighted by atomic mass is 9.83. The molecule has 4 atom stereocenters. The molecule has 0 radical (unpaired) electrons. The van der Waals surface area contributed by atoms with Crippen LogP contribution in [0.1, 0.15) is 54.4 Å². The van der Waals surface area contributed by atoms with Crippen LogP contribution in [-0.2, 0) is 4.74 Å². The Morgan fingerprint density at radius 3 is 2.26 bits per heavy atom. The van der Waals surface area contributed by atoms with Gasteiger partial charge in [-0.05, 0) is 53.4 Å². The Hall–Kier alpha value is -0.120. The summed E-state index contributed by atoms with van der Waals surface area (Å²) < 4.78 is 6.09. The van der Waals surface area contributed by atoms with E-state index in [4.69, 9.17) is 4.74 Å². The van der Waals surface area contributed by atoms with Crippen molar-refractivity contribution in [3.05, 3.63) is 0 Å². The molecule has 0 saturated carbocycles. The zero-order valence-corrected chi connectivity index (χ0v) is 13.4. The van der Waals surface area contributed by atoms with Gasteiger partial charge >= 0.3 is 0 Å². The van der Waals surface area contributed by atoms with Crippen molar-refractivity contribution < 1.29 is 9.84 Å². The molecule has 2 fully saturated rings. The Labute approximate surface area is 118 Å². The maximum atomic E-state index is 10.6. The van der Waals surface area contributed by atoms with Gasteiger partial charge in [0.1, 0.15) is 0 Å². The van der Waals surface area contributed by atoms with Crippen LogP contribution in [0, 0.1) is 11.8 Å². The summed E-state index contributed by atoms with van der Waals surface area (Å²) >= 11 is 0. The van der Waals surface area contributed by atoms with E-state index in [-0.39, 0.29) is 17.6 Å². The van der Waals surface area contributed by atoms with Crippen LogP contribution in [0.3, 0.4) is 0 Å². The largest absolute Gasteiger partial charge is 0.390 e. The first-order valence-electron chi connectivity index (χ1n) is 7.76. The van der Waals surface area contributed by atoms with Gasteiger partial charge in [-0.3, -0.25) is 4.90 Å². The van der Waals surface area contributed by atoms with Gasteiger partial charge in [0.05, 0.1) is 17.3 Å². The summed E-state index contributed by atoms with van der Waals surface area (Å²) in [5.74, 6) is 0.960. The molecule has 2 aliphatic rings. The molecule has 3 heteroatoms. The third kappa shape index (κ3) is 2.98. The van der Waals surface area contributed by atoms with Gasteiger partial charge in [0.15, 0.2) is 0 Å². The molecule has 0 aromatic heterocycles. The van der Waals surface area contributed by atoms with Gasteiger partial charge in [-0.2, -0.15) is 0 Å². The highest BCUT2D eigenvalue weighted by molar-refractivity contribution is 5.03. The smallest absolute Gasteiger partial charge is 0.0896 e. The predicted molar refractivity (Wildman–Crippen MR) is 78.2 cm³/mol. The minimum atomic E-state index is -0.432. The van der Waals surface area contributed by atoms with Crippen molar-refractivity contribution in [2.45, 2.75) is 77.7 Å². The van der Waals surface area contributed by atoms with Crippen molar-refractivity contribution in [2.24, 2.45) is 11.8 Å². The Morgan fingerprint density at radius 1 is 1.11 bits per heavy atom. The summed E-state index contributed by atoms with van der Waals surface area (Å²) in [6, 6.07) is 0.628. The third-order valence-electron chi connectivity index (χ3n) is 5.19. The van der Waals surface area contributed by atoms with Crippen molar-refractivity contribution in [3.63, 3.8) is 0 Å². The highest BCUT2D eigenvalue weighted by Gasteiger charge is 2.53. The molecular formula is C16H31NO2. The fourth-order valence-electron chi connectivity index (χ4n) is 3.89. The first kappa shape index (κ1) is 15.3. The van der Waals surface area contributed by atoms with Crippen molar-refractivity contribution in [1.82, 2.24) is 4.90 Å². The number of rotatable bonds is 2. The average Bonchev–Trinajstić information content (AvgIpc) is 2.41. The monoisotopic (exact) mass is 269 g/mol. The van der Waals surface area contributed by atoms with Crippen LogP contribution in [0.4, 0.5) is 0 Å². The molecule has 2 saturated heterocycles. The van der Waals surface area contributed by atoms with Crippen molar-refractivity contribution in [2.75, 3.05) is 13.1 Å². The number of hydrogen-bond donors (Lipinski definition) is 1. The second-order valence-corrected chi connectivity index (χ2v) is 7.85. The topological polar surface area (TPSA) is 32.7 Å². The molecule has 0 bridgehead atoms. The highest BCUT2D eigenvalue weighted by atomic mass is 16.5. The first-order valence-corrected chi connectivity index (χ1v) is 7.76. The lowest BCUT2D eigenvalue weighted by Gasteiger charge is -2.40. The number of aliphatic hydroxyl groups is 1. The van der Waals surface area contributed by atoms with Gasteiger partial charge < -0.3 is 9.84 Å². The van der Waals surface area contributed by atoms with Gasteiger partial charge in [0.2, 0.25) is 0 Å². The molecule has 0 aliphatic carbocycles. The SMILES string of the molecule is CC1CCC(C)N(CC2C(O)C(C)(C)OC2(C)C)C1. The van der Waals surface area contributed by atoms with Gasteiger partial charge in [-0.25, -0.2) is 0 Å². The molecule has 4 unspecified atom stereocenters. The Balaban J connectivity index is 2.09. The van der Waals surface area contributed by atoms with E-state index in [0.717, 1.165) is 19.0 Å². The molecule has 0 amide bonds. The van der Waals surface area contributed by atoms with Crippen LogP contribution < -0.4 is 0 Å². The Kier molecular flexibility index (Phi) is 4.03. The van der Waals surface area contributed by atoms with E-state index in [2.05, 4.69) is 32.6 Å². The maximum Gasteiger partial charge on any atom is 0.0896 e. The quantitative estimate of drug-likeness (QED) is 0.836. The second-order valence-electron chi connectivity index (χ2n) is 7.85. The van der Waals surface area contributed by atoms with Crippen molar-refractivity contribution >= 4 is 0 Å². The fraction of sp³-hybridized carbons (Fsp3) is 1.00. The maximum absolute atomic E-state index is 10.6. The molecule has 2 heterocycles. The van der Waals surface area contributed by atoms with E-state index in [1.807, 2.05) is 13.8 Å². The average molecular weight is 269 g/mol. The third-order valence-corrected chi connectivity index (χ3v) is 5.19. The zero-order chi connectivity index (χ0) is 14.4. The van der Waals surface area contributed by atoms with Gasteiger partial charge in [0, 0.05) is 25.0 Å². The number of likely N-dealkylation sites (tertiary alicyclic amines) is 1. The summed E-state index contributed by atoms with van der Waals surface area (Å²) in [5, 5.41) is 10.6. The summed E-state index contributed by atoms with van der Waals surface area (Å²) in [6.07, 6.45) is 2.22. The number of aliphatic hydroxyl groups excluding tert-OH is 1. The lowest BCUT2D eigenvalue weighted by Crippen LogP contribution is -2.49. The highest BCUT2D eigenvalue weighted by Crippen LogP contribution is 2.43. The van der Waals surface area contributed by atoms with Crippen molar-refractivity contribution in [1.29, 1.82) is 0 Å². The van der Waals surface area contributed by atoms with E-state index >= 15 is 0 Å². The number of hydrogen-bond acceptors (Lipinski definition) is 3. The minimum Gasteiger partial charge on any atom is -0.390 e. The molecule has 2 aliphatic heterocycles. The summed E-state index contributed by atoms with van der Waals surface area (Å²) in [4.78, 5) is 2.55. The van der Waals surface area contributed by atoms with Gasteiger partial charge in [-0.1, -0.05) is 6.92 Å². The van der Waals surface area contributed by atoms with Crippen LogP contribution in [0.25, 0.3) is 0 Å². The summed E-state index contributed by atoms with van der Waals surface area (Å²) in [6.45, 7) is 15.0.